The van der Waals surface area contributed by atoms with E-state index >= 15 is 0 Å². The molecule has 6 heteroatoms. The van der Waals surface area contributed by atoms with Crippen molar-refractivity contribution in [1.82, 2.24) is 25.2 Å². The largest absolute Gasteiger partial charge is 0.318 e. The molecule has 2 heterocycles. The highest BCUT2D eigenvalue weighted by atomic mass is 35.5. The van der Waals surface area contributed by atoms with Gasteiger partial charge in [-0.3, -0.25) is 9.58 Å². The van der Waals surface area contributed by atoms with Gasteiger partial charge in [0.2, 0.25) is 0 Å². The zero-order valence-electron chi connectivity index (χ0n) is 9.89. The monoisotopic (exact) mass is 245 g/mol. The fraction of sp³-hybridized carbons (Fsp3) is 0.800. The van der Waals surface area contributed by atoms with Gasteiger partial charge in [0.15, 0.2) is 0 Å². The van der Waals surface area contributed by atoms with Crippen LogP contribution in [0.2, 0.25) is 0 Å². The zero-order valence-corrected chi connectivity index (χ0v) is 10.7. The first-order valence-corrected chi connectivity index (χ1v) is 5.53. The van der Waals surface area contributed by atoms with Gasteiger partial charge in [0.25, 0.3) is 0 Å². The van der Waals surface area contributed by atoms with Crippen molar-refractivity contribution in [2.24, 2.45) is 7.05 Å². The second-order valence-corrected chi connectivity index (χ2v) is 4.17. The Morgan fingerprint density at radius 3 is 3.00 bits per heavy atom. The molecule has 0 bridgehead atoms. The van der Waals surface area contributed by atoms with Gasteiger partial charge in [-0.2, -0.15) is 0 Å². The van der Waals surface area contributed by atoms with Crippen molar-refractivity contribution >= 4 is 12.4 Å². The summed E-state index contributed by atoms with van der Waals surface area (Å²) in [5.74, 6) is 0. The van der Waals surface area contributed by atoms with Crippen molar-refractivity contribution in [3.8, 4) is 0 Å². The predicted molar refractivity (Wildman–Crippen MR) is 65.6 cm³/mol. The van der Waals surface area contributed by atoms with Crippen LogP contribution in [0.3, 0.4) is 0 Å². The van der Waals surface area contributed by atoms with Crippen LogP contribution < -0.4 is 5.32 Å². The molecule has 1 N–H and O–H groups in total. The van der Waals surface area contributed by atoms with Gasteiger partial charge in [-0.25, -0.2) is 0 Å². The van der Waals surface area contributed by atoms with E-state index in [0.717, 1.165) is 13.1 Å². The number of rotatable bonds is 4. The Kier molecular flexibility index (Phi) is 5.18. The van der Waals surface area contributed by atoms with Gasteiger partial charge < -0.3 is 5.32 Å². The number of nitrogens with one attached hydrogen (secondary N) is 1. The average molecular weight is 246 g/mol. The summed E-state index contributed by atoms with van der Waals surface area (Å²) in [5.41, 5.74) is 1.19. The maximum Gasteiger partial charge on any atom is 0.0738 e. The summed E-state index contributed by atoms with van der Waals surface area (Å²) in [7, 11) is 3.97. The highest BCUT2D eigenvalue weighted by molar-refractivity contribution is 5.85. The minimum Gasteiger partial charge on any atom is -0.318 e. The molecule has 0 radical (unpaired) electrons. The van der Waals surface area contributed by atoms with Crippen LogP contribution in [0.4, 0.5) is 0 Å². The third-order valence-corrected chi connectivity index (χ3v) is 3.11. The van der Waals surface area contributed by atoms with Gasteiger partial charge in [-0.1, -0.05) is 5.21 Å². The first-order chi connectivity index (χ1) is 7.31. The molecule has 0 spiro atoms. The maximum absolute atomic E-state index is 3.95. The number of halogens is 1. The number of hydrogen-bond donors (Lipinski definition) is 1. The lowest BCUT2D eigenvalue weighted by atomic mass is 10.2. The lowest BCUT2D eigenvalue weighted by Gasteiger charge is -2.23. The van der Waals surface area contributed by atoms with E-state index in [1.807, 2.05) is 25.0 Å². The molecule has 1 aromatic rings. The van der Waals surface area contributed by atoms with E-state index in [0.29, 0.717) is 6.04 Å². The van der Waals surface area contributed by atoms with Gasteiger partial charge >= 0.3 is 0 Å². The molecule has 0 aromatic carbocycles. The Labute approximate surface area is 103 Å². The van der Waals surface area contributed by atoms with E-state index in [1.165, 1.54) is 25.1 Å². The number of nitrogens with zero attached hydrogens (tertiary/aromatic N) is 4. The number of likely N-dealkylation sites (N-methyl/N-ethyl adjacent to an activating group) is 1. The van der Waals surface area contributed by atoms with Crippen LogP contribution in [0.1, 0.15) is 18.5 Å². The molecule has 1 aliphatic rings. The van der Waals surface area contributed by atoms with Crippen LogP contribution in [0, 0.1) is 0 Å². The fourth-order valence-electron chi connectivity index (χ4n) is 2.23. The Bertz CT molecular complexity index is 314. The molecule has 0 aliphatic carbocycles. The number of aryl methyl sites for hydroxylation is 1. The smallest absolute Gasteiger partial charge is 0.0738 e. The van der Waals surface area contributed by atoms with Gasteiger partial charge in [0, 0.05) is 26.2 Å². The molecule has 2 rings (SSSR count). The summed E-state index contributed by atoms with van der Waals surface area (Å²) in [6, 6.07) is 0.671. The molecule has 1 atom stereocenters. The standard InChI is InChI=1S/C10H19N5.ClH/c1-11-6-9-4-3-5-15(9)8-10-7-12-13-14(10)2;/h7,9,11H,3-6,8H2,1-2H3;1H. The Morgan fingerprint density at radius 2 is 2.38 bits per heavy atom. The van der Waals surface area contributed by atoms with Crippen LogP contribution in [0.25, 0.3) is 0 Å². The lowest BCUT2D eigenvalue weighted by Crippen LogP contribution is -2.36. The van der Waals surface area contributed by atoms with Gasteiger partial charge in [-0.05, 0) is 26.4 Å². The van der Waals surface area contributed by atoms with Crippen molar-refractivity contribution in [2.45, 2.75) is 25.4 Å². The summed E-state index contributed by atoms with van der Waals surface area (Å²) in [5, 5.41) is 11.1. The number of aromatic nitrogens is 3. The second kappa shape index (κ2) is 6.18. The normalized spacial score (nSPS) is 21.0. The van der Waals surface area contributed by atoms with Crippen molar-refractivity contribution < 1.29 is 0 Å². The van der Waals surface area contributed by atoms with Crippen molar-refractivity contribution in [2.75, 3.05) is 20.1 Å². The van der Waals surface area contributed by atoms with Gasteiger partial charge in [0.1, 0.15) is 0 Å². The molecule has 1 unspecified atom stereocenters. The molecule has 0 amide bonds. The fourth-order valence-corrected chi connectivity index (χ4v) is 2.23. The molecular weight excluding hydrogens is 226 g/mol. The molecule has 1 saturated heterocycles. The first kappa shape index (κ1) is 13.4. The minimum atomic E-state index is 0. The average Bonchev–Trinajstić information content (AvgIpc) is 2.80. The molecule has 0 saturated carbocycles. The summed E-state index contributed by atoms with van der Waals surface area (Å²) in [6.45, 7) is 3.23. The highest BCUT2D eigenvalue weighted by Gasteiger charge is 2.24. The summed E-state index contributed by atoms with van der Waals surface area (Å²) >= 11 is 0. The van der Waals surface area contributed by atoms with E-state index in [2.05, 4.69) is 20.5 Å². The van der Waals surface area contributed by atoms with Crippen LogP contribution in [0.15, 0.2) is 6.20 Å². The van der Waals surface area contributed by atoms with Gasteiger partial charge in [-0.15, -0.1) is 17.5 Å². The van der Waals surface area contributed by atoms with Crippen LogP contribution in [-0.4, -0.2) is 46.1 Å². The second-order valence-electron chi connectivity index (χ2n) is 4.17. The number of likely N-dealkylation sites (tertiary alicyclic amines) is 1. The van der Waals surface area contributed by atoms with Crippen LogP contribution in [-0.2, 0) is 13.6 Å². The summed E-state index contributed by atoms with van der Waals surface area (Å²) in [6.07, 6.45) is 4.46. The van der Waals surface area contributed by atoms with Crippen molar-refractivity contribution in [3.05, 3.63) is 11.9 Å². The third-order valence-electron chi connectivity index (χ3n) is 3.11. The summed E-state index contributed by atoms with van der Waals surface area (Å²) in [4.78, 5) is 2.51. The predicted octanol–water partition coefficient (Wildman–Crippen LogP) is 0.421. The van der Waals surface area contributed by atoms with Gasteiger partial charge in [0.05, 0.1) is 11.9 Å². The molecule has 1 aromatic heterocycles. The first-order valence-electron chi connectivity index (χ1n) is 5.53. The third kappa shape index (κ3) is 2.93. The topological polar surface area (TPSA) is 46.0 Å². The zero-order chi connectivity index (χ0) is 10.7. The SMILES string of the molecule is CNCC1CCCN1Cc1cnnn1C.Cl. The molecule has 16 heavy (non-hydrogen) atoms. The quantitative estimate of drug-likeness (QED) is 0.835. The molecule has 1 fully saturated rings. The van der Waals surface area contributed by atoms with E-state index in [-0.39, 0.29) is 12.4 Å². The molecule has 1 aliphatic heterocycles. The van der Waals surface area contributed by atoms with Crippen LogP contribution >= 0.6 is 12.4 Å². The van der Waals surface area contributed by atoms with E-state index in [1.54, 1.807) is 0 Å². The Balaban J connectivity index is 0.00000128. The van der Waals surface area contributed by atoms with E-state index < -0.39 is 0 Å². The minimum absolute atomic E-state index is 0. The Morgan fingerprint density at radius 1 is 1.56 bits per heavy atom. The highest BCUT2D eigenvalue weighted by Crippen LogP contribution is 2.18. The molecule has 92 valence electrons. The Hall–Kier alpha value is -0.650. The number of hydrogen-bond acceptors (Lipinski definition) is 4. The summed E-state index contributed by atoms with van der Waals surface area (Å²) < 4.78 is 1.86. The van der Waals surface area contributed by atoms with E-state index in [9.17, 15) is 0 Å². The van der Waals surface area contributed by atoms with Crippen molar-refractivity contribution in [1.29, 1.82) is 0 Å². The maximum atomic E-state index is 3.95. The molecular formula is C10H20ClN5. The van der Waals surface area contributed by atoms with Crippen LogP contribution in [0.5, 0.6) is 0 Å². The lowest BCUT2D eigenvalue weighted by molar-refractivity contribution is 0.236. The molecule has 5 nitrogen and oxygen atoms in total. The van der Waals surface area contributed by atoms with E-state index in [4.69, 9.17) is 0 Å². The van der Waals surface area contributed by atoms with Crippen molar-refractivity contribution in [3.63, 3.8) is 0 Å².